The summed E-state index contributed by atoms with van der Waals surface area (Å²) in [6.45, 7) is 5.47. The van der Waals surface area contributed by atoms with E-state index in [0.29, 0.717) is 24.4 Å². The number of ether oxygens (including phenoxy) is 3. The number of imidazole rings is 1. The number of benzene rings is 2. The lowest BCUT2D eigenvalue weighted by Gasteiger charge is -2.44. The summed E-state index contributed by atoms with van der Waals surface area (Å²) in [6, 6.07) is 15.8. The fourth-order valence-electron chi connectivity index (χ4n) is 6.39. The van der Waals surface area contributed by atoms with Crippen LogP contribution >= 0.6 is 11.3 Å². The molecule has 0 saturated carbocycles. The number of carboxylic acid groups (broad SMARTS) is 1. The first kappa shape index (κ1) is 28.0. The number of carboxylic acids is 1. The molecule has 0 bridgehead atoms. The summed E-state index contributed by atoms with van der Waals surface area (Å²) in [7, 11) is 0. The van der Waals surface area contributed by atoms with Crippen LogP contribution < -0.4 is 4.74 Å². The van der Waals surface area contributed by atoms with Crippen LogP contribution in [0.25, 0.3) is 10.3 Å². The highest BCUT2D eigenvalue weighted by Crippen LogP contribution is 2.48. The number of piperidine rings is 1. The van der Waals surface area contributed by atoms with Gasteiger partial charge in [-0.25, -0.2) is 14.2 Å². The van der Waals surface area contributed by atoms with Gasteiger partial charge in [0.05, 0.1) is 42.5 Å². The molecule has 43 heavy (non-hydrogen) atoms. The minimum atomic E-state index is -1.34. The van der Waals surface area contributed by atoms with Crippen molar-refractivity contribution in [2.45, 2.75) is 57.3 Å². The van der Waals surface area contributed by atoms with Crippen LogP contribution in [0.2, 0.25) is 0 Å². The molecule has 4 aromatic rings. The van der Waals surface area contributed by atoms with Gasteiger partial charge in [-0.05, 0) is 68.6 Å². The zero-order chi connectivity index (χ0) is 29.7. The van der Waals surface area contributed by atoms with Gasteiger partial charge in [0.2, 0.25) is 5.79 Å². The second kappa shape index (κ2) is 11.0. The molecule has 2 unspecified atom stereocenters. The van der Waals surface area contributed by atoms with E-state index in [-0.39, 0.29) is 34.1 Å². The topological polar surface area (TPSA) is 110 Å². The lowest BCUT2D eigenvalue weighted by atomic mass is 9.85. The Hall–Kier alpha value is -3.82. The third-order valence-electron chi connectivity index (χ3n) is 8.79. The number of rotatable bonds is 7. The summed E-state index contributed by atoms with van der Waals surface area (Å²) in [5.41, 5.74) is 2.18. The van der Waals surface area contributed by atoms with Crippen molar-refractivity contribution < 1.29 is 28.5 Å². The molecular formula is C32H31FN4O5S. The van der Waals surface area contributed by atoms with Gasteiger partial charge in [-0.3, -0.25) is 4.90 Å². The van der Waals surface area contributed by atoms with E-state index < -0.39 is 17.6 Å². The fraction of sp³-hybridized carbons (Fsp3) is 0.406. The summed E-state index contributed by atoms with van der Waals surface area (Å²) >= 11 is 1.26. The minimum absolute atomic E-state index is 0.123. The number of hydrogen-bond acceptors (Lipinski definition) is 8. The largest absolute Gasteiger partial charge is 0.477 e. The molecule has 0 spiro atoms. The third-order valence-corrected chi connectivity index (χ3v) is 9.92. The van der Waals surface area contributed by atoms with Crippen molar-refractivity contribution in [2.24, 2.45) is 5.92 Å². The standard InChI is InChI=1S/C32H31FN4O5S/c1-32(23-7-6-19(16-34)14-24(23)33)41-26-5-3-2-4-22(26)29(42-32)20-8-11-36(12-9-20)18-28-35-25-15-27(31(38)39)43-30(25)37(28)17-21-10-13-40-21/h2-7,14-15,20-21,29H,8-13,17-18H2,1H3,(H,38,39)/t21-,29?,32?/m0/s1. The van der Waals surface area contributed by atoms with E-state index in [1.54, 1.807) is 25.1 Å². The Morgan fingerprint density at radius 3 is 2.70 bits per heavy atom. The normalized spacial score (nSPS) is 24.2. The first-order chi connectivity index (χ1) is 20.8. The highest BCUT2D eigenvalue weighted by atomic mass is 32.1. The number of nitrogens with zero attached hydrogens (tertiary/aromatic N) is 4. The molecule has 2 aromatic heterocycles. The molecule has 0 amide bonds. The maximum atomic E-state index is 15.2. The number of nitriles is 1. The van der Waals surface area contributed by atoms with Gasteiger partial charge in [-0.15, -0.1) is 11.3 Å². The van der Waals surface area contributed by atoms with Crippen LogP contribution in [0.3, 0.4) is 0 Å². The van der Waals surface area contributed by atoms with E-state index in [2.05, 4.69) is 9.47 Å². The Morgan fingerprint density at radius 1 is 1.21 bits per heavy atom. The number of aromatic carboxylic acids is 1. The van der Waals surface area contributed by atoms with Crippen molar-refractivity contribution >= 4 is 27.7 Å². The molecule has 0 radical (unpaired) electrons. The van der Waals surface area contributed by atoms with Gasteiger partial charge < -0.3 is 23.9 Å². The van der Waals surface area contributed by atoms with Crippen LogP contribution in [0.5, 0.6) is 5.75 Å². The SMILES string of the molecule is CC1(c2ccc(C#N)cc2F)Oc2ccccc2C(C2CCN(Cc3nc4cc(C(=O)O)sc4n3C[C@@H]3CCO3)CC2)O1. The van der Waals surface area contributed by atoms with Crippen LogP contribution in [-0.2, 0) is 28.4 Å². The van der Waals surface area contributed by atoms with E-state index in [9.17, 15) is 15.2 Å². The van der Waals surface area contributed by atoms with Crippen molar-refractivity contribution in [3.63, 3.8) is 0 Å². The van der Waals surface area contributed by atoms with E-state index in [1.807, 2.05) is 30.3 Å². The zero-order valence-corrected chi connectivity index (χ0v) is 24.5. The number of fused-ring (bicyclic) bond motifs is 2. The highest BCUT2D eigenvalue weighted by molar-refractivity contribution is 7.20. The average molecular weight is 603 g/mol. The molecule has 0 aliphatic carbocycles. The van der Waals surface area contributed by atoms with Crippen molar-refractivity contribution in [3.05, 3.63) is 81.7 Å². The quantitative estimate of drug-likeness (QED) is 0.281. The molecule has 11 heteroatoms. The monoisotopic (exact) mass is 602 g/mol. The number of aromatic nitrogens is 2. The number of halogens is 1. The molecule has 2 saturated heterocycles. The summed E-state index contributed by atoms with van der Waals surface area (Å²) in [5, 5.41) is 18.7. The third kappa shape index (κ3) is 5.18. The Kier molecular flexibility index (Phi) is 7.18. The number of likely N-dealkylation sites (tertiary alicyclic amines) is 1. The van der Waals surface area contributed by atoms with E-state index >= 15 is 4.39 Å². The van der Waals surface area contributed by atoms with Crippen LogP contribution in [0.1, 0.15) is 64.5 Å². The number of thiophene rings is 1. The molecule has 3 atom stereocenters. The molecule has 222 valence electrons. The molecule has 3 aliphatic heterocycles. The van der Waals surface area contributed by atoms with E-state index in [4.69, 9.17) is 19.2 Å². The molecule has 2 fully saturated rings. The molecule has 3 aliphatic rings. The summed E-state index contributed by atoms with van der Waals surface area (Å²) < 4.78 is 35.9. The smallest absolute Gasteiger partial charge is 0.346 e. The van der Waals surface area contributed by atoms with Gasteiger partial charge in [-0.1, -0.05) is 18.2 Å². The number of hydrogen-bond donors (Lipinski definition) is 1. The molecular weight excluding hydrogens is 571 g/mol. The average Bonchev–Trinajstić information content (AvgIpc) is 3.53. The Balaban J connectivity index is 1.10. The molecule has 1 N–H and O–H groups in total. The molecule has 2 aromatic carbocycles. The molecule has 5 heterocycles. The zero-order valence-electron chi connectivity index (χ0n) is 23.7. The second-order valence-electron chi connectivity index (χ2n) is 11.6. The Labute approximate surface area is 252 Å². The van der Waals surface area contributed by atoms with Crippen LogP contribution in [-0.4, -0.2) is 51.3 Å². The number of carbonyl (C=O) groups is 1. The van der Waals surface area contributed by atoms with Gasteiger partial charge in [0, 0.05) is 19.1 Å². The predicted octanol–water partition coefficient (Wildman–Crippen LogP) is 5.83. The summed E-state index contributed by atoms with van der Waals surface area (Å²) in [5.74, 6) is -1.03. The van der Waals surface area contributed by atoms with Crippen LogP contribution in [0, 0.1) is 23.1 Å². The van der Waals surface area contributed by atoms with Gasteiger partial charge >= 0.3 is 5.97 Å². The Bertz CT molecular complexity index is 1740. The molecule has 9 nitrogen and oxygen atoms in total. The minimum Gasteiger partial charge on any atom is -0.477 e. The van der Waals surface area contributed by atoms with Crippen molar-refractivity contribution in [2.75, 3.05) is 19.7 Å². The van der Waals surface area contributed by atoms with Gasteiger partial charge in [0.15, 0.2) is 0 Å². The van der Waals surface area contributed by atoms with Gasteiger partial charge in [-0.2, -0.15) is 5.26 Å². The second-order valence-corrected chi connectivity index (χ2v) is 12.6. The molecule has 7 rings (SSSR count). The summed E-state index contributed by atoms with van der Waals surface area (Å²) in [4.78, 5) is 20.0. The van der Waals surface area contributed by atoms with Crippen molar-refractivity contribution in [3.8, 4) is 11.8 Å². The summed E-state index contributed by atoms with van der Waals surface area (Å²) in [6.07, 6.45) is 2.56. The van der Waals surface area contributed by atoms with Crippen molar-refractivity contribution in [1.29, 1.82) is 5.26 Å². The maximum absolute atomic E-state index is 15.2. The first-order valence-corrected chi connectivity index (χ1v) is 15.3. The van der Waals surface area contributed by atoms with Gasteiger partial charge in [0.1, 0.15) is 32.6 Å². The fourth-order valence-corrected chi connectivity index (χ4v) is 7.36. The van der Waals surface area contributed by atoms with E-state index in [1.165, 1.54) is 17.4 Å². The van der Waals surface area contributed by atoms with Crippen LogP contribution in [0.15, 0.2) is 48.5 Å². The lowest BCUT2D eigenvalue weighted by molar-refractivity contribution is -0.243. The predicted molar refractivity (Wildman–Crippen MR) is 156 cm³/mol. The van der Waals surface area contributed by atoms with E-state index in [0.717, 1.165) is 55.2 Å². The number of para-hydroxylation sites is 1. The highest BCUT2D eigenvalue weighted by Gasteiger charge is 2.44. The maximum Gasteiger partial charge on any atom is 0.346 e. The Morgan fingerprint density at radius 2 is 2.00 bits per heavy atom. The van der Waals surface area contributed by atoms with Crippen LogP contribution in [0.4, 0.5) is 4.39 Å². The lowest BCUT2D eigenvalue weighted by Crippen LogP contribution is -2.43. The van der Waals surface area contributed by atoms with Gasteiger partial charge in [0.25, 0.3) is 0 Å². The van der Waals surface area contributed by atoms with Crippen molar-refractivity contribution in [1.82, 2.24) is 14.5 Å². The first-order valence-electron chi connectivity index (χ1n) is 14.5.